The maximum Gasteiger partial charge on any atom is 0.309 e. The first-order valence-corrected chi connectivity index (χ1v) is 9.47. The van der Waals surface area contributed by atoms with Gasteiger partial charge in [-0.3, -0.25) is 9.78 Å². The summed E-state index contributed by atoms with van der Waals surface area (Å²) in [6.07, 6.45) is 10.9. The van der Waals surface area contributed by atoms with Crippen LogP contribution in [0.2, 0.25) is 0 Å². The molecule has 0 aliphatic carbocycles. The van der Waals surface area contributed by atoms with Crippen molar-refractivity contribution in [3.8, 4) is 0 Å². The molecule has 0 bridgehead atoms. The fourth-order valence-corrected chi connectivity index (χ4v) is 2.98. The number of esters is 1. The highest BCUT2D eigenvalue weighted by Gasteiger charge is 2.04. The van der Waals surface area contributed by atoms with Crippen LogP contribution in [0.3, 0.4) is 0 Å². The van der Waals surface area contributed by atoms with Gasteiger partial charge in [0, 0.05) is 52.5 Å². The molecule has 6 heteroatoms. The van der Waals surface area contributed by atoms with Crippen LogP contribution in [0.15, 0.2) is 90.5 Å². The van der Waals surface area contributed by atoms with Crippen molar-refractivity contribution in [2.75, 3.05) is 12.4 Å². The first-order chi connectivity index (χ1) is 14.0. The standard InChI is InChI=1S/C23H22ClN3O2/c1-17(5-6-20(24)7-10-23(28)29-2)26-21-8-9-22-19(14-21)11-13-27(22)16-18-4-3-12-25-15-18/h3-9,11-15,26H,1,10,16H2,2H3/b6-5-,20-7+. The Kier molecular flexibility index (Phi) is 6.87. The van der Waals surface area contributed by atoms with Gasteiger partial charge in [-0.05, 0) is 48.0 Å². The van der Waals surface area contributed by atoms with E-state index in [9.17, 15) is 4.79 Å². The van der Waals surface area contributed by atoms with Gasteiger partial charge in [0.2, 0.25) is 0 Å². The molecule has 5 nitrogen and oxygen atoms in total. The predicted octanol–water partition coefficient (Wildman–Crippen LogP) is 5.25. The maximum absolute atomic E-state index is 11.1. The summed E-state index contributed by atoms with van der Waals surface area (Å²) in [7, 11) is 1.34. The van der Waals surface area contributed by atoms with Crippen molar-refractivity contribution in [1.82, 2.24) is 9.55 Å². The Labute approximate surface area is 175 Å². The van der Waals surface area contributed by atoms with E-state index in [4.69, 9.17) is 11.6 Å². The normalized spacial score (nSPS) is 11.7. The lowest BCUT2D eigenvalue weighted by Gasteiger charge is -2.08. The molecule has 0 aliphatic rings. The van der Waals surface area contributed by atoms with Gasteiger partial charge < -0.3 is 14.6 Å². The topological polar surface area (TPSA) is 56.1 Å². The smallest absolute Gasteiger partial charge is 0.309 e. The van der Waals surface area contributed by atoms with E-state index in [2.05, 4.69) is 56.6 Å². The summed E-state index contributed by atoms with van der Waals surface area (Å²) in [4.78, 5) is 15.3. The third-order valence-electron chi connectivity index (χ3n) is 4.29. The van der Waals surface area contributed by atoms with Crippen LogP contribution in [-0.2, 0) is 16.1 Å². The highest BCUT2D eigenvalue weighted by atomic mass is 35.5. The summed E-state index contributed by atoms with van der Waals surface area (Å²) in [6, 6.07) is 12.3. The van der Waals surface area contributed by atoms with Crippen LogP contribution in [-0.4, -0.2) is 22.6 Å². The summed E-state index contributed by atoms with van der Waals surface area (Å²) in [5.74, 6) is -0.336. The second kappa shape index (κ2) is 9.75. The van der Waals surface area contributed by atoms with Crippen molar-refractivity contribution in [2.24, 2.45) is 0 Å². The molecule has 2 aromatic heterocycles. The van der Waals surface area contributed by atoms with E-state index in [0.29, 0.717) is 10.7 Å². The molecule has 148 valence electrons. The number of rotatable bonds is 8. The Morgan fingerprint density at radius 2 is 2.17 bits per heavy atom. The minimum Gasteiger partial charge on any atom is -0.469 e. The molecule has 0 aliphatic heterocycles. The zero-order valence-corrected chi connectivity index (χ0v) is 16.9. The molecule has 0 saturated heterocycles. The van der Waals surface area contributed by atoms with E-state index < -0.39 is 0 Å². The number of anilines is 1. The van der Waals surface area contributed by atoms with Crippen molar-refractivity contribution >= 4 is 34.2 Å². The van der Waals surface area contributed by atoms with Gasteiger partial charge in [0.25, 0.3) is 0 Å². The molecule has 0 unspecified atom stereocenters. The average molecular weight is 408 g/mol. The van der Waals surface area contributed by atoms with Crippen molar-refractivity contribution in [1.29, 1.82) is 0 Å². The number of pyridine rings is 1. The fraction of sp³-hybridized carbons (Fsp3) is 0.130. The third kappa shape index (κ3) is 5.83. The molecule has 29 heavy (non-hydrogen) atoms. The average Bonchev–Trinajstić information content (AvgIpc) is 3.13. The molecule has 0 fully saturated rings. The quantitative estimate of drug-likeness (QED) is 0.409. The molecular formula is C23H22ClN3O2. The number of aromatic nitrogens is 2. The van der Waals surface area contributed by atoms with Gasteiger partial charge in [0.1, 0.15) is 0 Å². The Bertz CT molecular complexity index is 1070. The number of fused-ring (bicyclic) bond motifs is 1. The molecule has 1 N–H and O–H groups in total. The van der Waals surface area contributed by atoms with Crippen LogP contribution >= 0.6 is 11.6 Å². The SMILES string of the molecule is C=C(/C=C\C(Cl)=C/CC(=O)OC)Nc1ccc2c(ccn2Cc2cccnc2)c1. The number of benzene rings is 1. The molecule has 3 rings (SSSR count). The highest BCUT2D eigenvalue weighted by Crippen LogP contribution is 2.22. The van der Waals surface area contributed by atoms with E-state index in [1.54, 1.807) is 24.4 Å². The van der Waals surface area contributed by atoms with Crippen molar-refractivity contribution in [3.63, 3.8) is 0 Å². The number of halogens is 1. The van der Waals surface area contributed by atoms with Gasteiger partial charge >= 0.3 is 5.97 Å². The monoisotopic (exact) mass is 407 g/mol. The van der Waals surface area contributed by atoms with Crippen molar-refractivity contribution < 1.29 is 9.53 Å². The highest BCUT2D eigenvalue weighted by molar-refractivity contribution is 6.31. The lowest BCUT2D eigenvalue weighted by molar-refractivity contribution is -0.139. The summed E-state index contributed by atoms with van der Waals surface area (Å²) in [5, 5.41) is 4.82. The van der Waals surface area contributed by atoms with Gasteiger partial charge in [0.05, 0.1) is 13.5 Å². The second-order valence-corrected chi connectivity index (χ2v) is 6.87. The zero-order chi connectivity index (χ0) is 20.6. The van der Waals surface area contributed by atoms with Crippen molar-refractivity contribution in [3.05, 3.63) is 96.1 Å². The van der Waals surface area contributed by atoms with E-state index in [-0.39, 0.29) is 12.4 Å². The molecule has 0 amide bonds. The lowest BCUT2D eigenvalue weighted by atomic mass is 10.2. The molecule has 3 aromatic rings. The van der Waals surface area contributed by atoms with E-state index in [1.807, 2.05) is 18.3 Å². The van der Waals surface area contributed by atoms with E-state index in [0.717, 1.165) is 28.7 Å². The predicted molar refractivity (Wildman–Crippen MR) is 118 cm³/mol. The molecule has 1 aromatic carbocycles. The number of nitrogens with one attached hydrogen (secondary N) is 1. The Morgan fingerprint density at radius 3 is 2.93 bits per heavy atom. The van der Waals surface area contributed by atoms with Gasteiger partial charge in [0.15, 0.2) is 0 Å². The number of nitrogens with zero attached hydrogens (tertiary/aromatic N) is 2. The minimum absolute atomic E-state index is 0.131. The number of carbonyl (C=O) groups excluding carboxylic acids is 1. The first kappa shape index (κ1) is 20.4. The van der Waals surface area contributed by atoms with Crippen LogP contribution in [0.4, 0.5) is 5.69 Å². The second-order valence-electron chi connectivity index (χ2n) is 6.43. The van der Waals surface area contributed by atoms with Crippen LogP contribution in [0.1, 0.15) is 12.0 Å². The summed E-state index contributed by atoms with van der Waals surface area (Å²) >= 11 is 6.07. The fourth-order valence-electron chi connectivity index (χ4n) is 2.84. The Balaban J connectivity index is 1.64. The van der Waals surface area contributed by atoms with E-state index >= 15 is 0 Å². The molecular weight excluding hydrogens is 386 g/mol. The van der Waals surface area contributed by atoms with Gasteiger partial charge in [-0.1, -0.05) is 30.3 Å². The summed E-state index contributed by atoms with van der Waals surface area (Å²) in [6.45, 7) is 4.76. The van der Waals surface area contributed by atoms with Crippen LogP contribution in [0.25, 0.3) is 10.9 Å². The largest absolute Gasteiger partial charge is 0.469 e. The molecule has 0 saturated carbocycles. The van der Waals surface area contributed by atoms with Gasteiger partial charge in [-0.25, -0.2) is 0 Å². The zero-order valence-electron chi connectivity index (χ0n) is 16.1. The van der Waals surface area contributed by atoms with Crippen LogP contribution in [0.5, 0.6) is 0 Å². The number of allylic oxidation sites excluding steroid dienone is 3. The number of carbonyl (C=O) groups is 1. The number of methoxy groups -OCH3 is 1. The molecule has 2 heterocycles. The third-order valence-corrected chi connectivity index (χ3v) is 4.57. The Morgan fingerprint density at radius 1 is 1.31 bits per heavy atom. The lowest BCUT2D eigenvalue weighted by Crippen LogP contribution is -1.99. The molecule has 0 radical (unpaired) electrons. The Hall–Kier alpha value is -3.31. The van der Waals surface area contributed by atoms with Crippen LogP contribution in [0, 0.1) is 0 Å². The maximum atomic E-state index is 11.1. The minimum atomic E-state index is -0.336. The van der Waals surface area contributed by atoms with Crippen LogP contribution < -0.4 is 5.32 Å². The number of hydrogen-bond acceptors (Lipinski definition) is 4. The van der Waals surface area contributed by atoms with Gasteiger partial charge in [-0.15, -0.1) is 0 Å². The summed E-state index contributed by atoms with van der Waals surface area (Å²) < 4.78 is 6.77. The van der Waals surface area contributed by atoms with Crippen molar-refractivity contribution in [2.45, 2.75) is 13.0 Å². The van der Waals surface area contributed by atoms with Gasteiger partial charge in [-0.2, -0.15) is 0 Å². The summed E-state index contributed by atoms with van der Waals surface area (Å²) in [5.41, 5.74) is 3.92. The van der Waals surface area contributed by atoms with E-state index in [1.165, 1.54) is 7.11 Å². The molecule has 0 atom stereocenters. The number of ether oxygens (including phenoxy) is 1. The first-order valence-electron chi connectivity index (χ1n) is 9.09. The number of hydrogen-bond donors (Lipinski definition) is 1. The molecule has 0 spiro atoms.